The Balaban J connectivity index is 2.23. The molecule has 0 aromatic carbocycles. The normalized spacial score (nSPS) is 10.5. The molecule has 2 aromatic heterocycles. The second-order valence-electron chi connectivity index (χ2n) is 3.62. The molecule has 0 amide bonds. The van der Waals surface area contributed by atoms with Gasteiger partial charge in [-0.15, -0.1) is 11.3 Å². The summed E-state index contributed by atoms with van der Waals surface area (Å²) in [6, 6.07) is 0. The third kappa shape index (κ3) is 2.73. The highest BCUT2D eigenvalue weighted by atomic mass is 79.9. The maximum Gasteiger partial charge on any atom is 0.222 e. The minimum atomic E-state index is 0.274. The maximum atomic E-state index is 5.59. The second kappa shape index (κ2) is 4.97. The largest absolute Gasteiger partial charge is 0.368 e. The SMILES string of the molecule is Cc1ncsc1CN(C)c1nc(N)ncc1Br. The van der Waals surface area contributed by atoms with Gasteiger partial charge in [-0.3, -0.25) is 0 Å². The molecule has 17 heavy (non-hydrogen) atoms. The van der Waals surface area contributed by atoms with E-state index in [2.05, 4.69) is 30.9 Å². The Bertz CT molecular complexity index is 527. The topological polar surface area (TPSA) is 67.9 Å². The maximum absolute atomic E-state index is 5.59. The lowest BCUT2D eigenvalue weighted by Gasteiger charge is -2.18. The molecule has 2 aromatic rings. The summed E-state index contributed by atoms with van der Waals surface area (Å²) in [4.78, 5) is 15.6. The van der Waals surface area contributed by atoms with E-state index in [-0.39, 0.29) is 5.95 Å². The Labute approximate surface area is 112 Å². The van der Waals surface area contributed by atoms with Crippen LogP contribution >= 0.6 is 27.3 Å². The molecular weight excluding hydrogens is 302 g/mol. The van der Waals surface area contributed by atoms with Crippen molar-refractivity contribution in [2.24, 2.45) is 0 Å². The monoisotopic (exact) mass is 313 g/mol. The van der Waals surface area contributed by atoms with E-state index >= 15 is 0 Å². The molecule has 7 heteroatoms. The molecule has 2 N–H and O–H groups in total. The van der Waals surface area contributed by atoms with Crippen molar-refractivity contribution in [3.8, 4) is 0 Å². The van der Waals surface area contributed by atoms with Crippen molar-refractivity contribution in [1.29, 1.82) is 0 Å². The number of rotatable bonds is 3. The van der Waals surface area contributed by atoms with Crippen molar-refractivity contribution in [2.45, 2.75) is 13.5 Å². The zero-order chi connectivity index (χ0) is 12.4. The fourth-order valence-corrected chi connectivity index (χ4v) is 2.73. The summed E-state index contributed by atoms with van der Waals surface area (Å²) in [7, 11) is 1.96. The van der Waals surface area contributed by atoms with Crippen LogP contribution in [0.4, 0.5) is 11.8 Å². The van der Waals surface area contributed by atoms with E-state index < -0.39 is 0 Å². The Kier molecular flexibility index (Phi) is 3.58. The van der Waals surface area contributed by atoms with Crippen molar-refractivity contribution in [3.63, 3.8) is 0 Å². The van der Waals surface area contributed by atoms with Gasteiger partial charge in [-0.1, -0.05) is 0 Å². The lowest BCUT2D eigenvalue weighted by atomic mass is 10.3. The summed E-state index contributed by atoms with van der Waals surface area (Å²) in [6.07, 6.45) is 1.66. The number of hydrogen-bond donors (Lipinski definition) is 1. The average Bonchev–Trinajstić information content (AvgIpc) is 2.68. The third-order valence-corrected chi connectivity index (χ3v) is 3.81. The zero-order valence-corrected chi connectivity index (χ0v) is 11.9. The van der Waals surface area contributed by atoms with Gasteiger partial charge < -0.3 is 10.6 Å². The molecule has 2 rings (SSSR count). The smallest absolute Gasteiger partial charge is 0.222 e. The molecule has 0 aliphatic rings. The lowest BCUT2D eigenvalue weighted by Crippen LogP contribution is -2.19. The van der Waals surface area contributed by atoms with Crippen molar-refractivity contribution in [2.75, 3.05) is 17.7 Å². The van der Waals surface area contributed by atoms with Crippen LogP contribution in [0.15, 0.2) is 16.2 Å². The van der Waals surface area contributed by atoms with Crippen LogP contribution in [-0.2, 0) is 6.54 Å². The third-order valence-electron chi connectivity index (χ3n) is 2.33. The van der Waals surface area contributed by atoms with E-state index in [1.807, 2.05) is 24.4 Å². The van der Waals surface area contributed by atoms with Gasteiger partial charge in [0.15, 0.2) is 0 Å². The molecule has 2 heterocycles. The minimum absolute atomic E-state index is 0.274. The first-order chi connectivity index (χ1) is 8.08. The molecule has 0 saturated heterocycles. The molecule has 0 spiro atoms. The van der Waals surface area contributed by atoms with Crippen molar-refractivity contribution < 1.29 is 0 Å². The highest BCUT2D eigenvalue weighted by Gasteiger charge is 2.11. The van der Waals surface area contributed by atoms with Crippen LogP contribution in [-0.4, -0.2) is 22.0 Å². The van der Waals surface area contributed by atoms with Gasteiger partial charge in [-0.25, -0.2) is 9.97 Å². The van der Waals surface area contributed by atoms with Crippen LogP contribution < -0.4 is 10.6 Å². The minimum Gasteiger partial charge on any atom is -0.368 e. The van der Waals surface area contributed by atoms with Crippen LogP contribution in [0.3, 0.4) is 0 Å². The van der Waals surface area contributed by atoms with Gasteiger partial charge in [0, 0.05) is 18.1 Å². The fourth-order valence-electron chi connectivity index (χ4n) is 1.41. The van der Waals surface area contributed by atoms with Gasteiger partial charge in [0.25, 0.3) is 0 Å². The van der Waals surface area contributed by atoms with Gasteiger partial charge in [0.2, 0.25) is 5.95 Å². The first-order valence-corrected chi connectivity index (χ1v) is 6.63. The van der Waals surface area contributed by atoms with Crippen LogP contribution in [0.1, 0.15) is 10.6 Å². The van der Waals surface area contributed by atoms with Crippen molar-refractivity contribution >= 4 is 39.0 Å². The zero-order valence-electron chi connectivity index (χ0n) is 9.51. The van der Waals surface area contributed by atoms with Crippen LogP contribution in [0, 0.1) is 6.92 Å². The number of aromatic nitrogens is 3. The average molecular weight is 314 g/mol. The molecule has 0 fully saturated rings. The highest BCUT2D eigenvalue weighted by Crippen LogP contribution is 2.25. The van der Waals surface area contributed by atoms with Crippen LogP contribution in [0.5, 0.6) is 0 Å². The van der Waals surface area contributed by atoms with Crippen molar-refractivity contribution in [1.82, 2.24) is 15.0 Å². The molecule has 90 valence electrons. The van der Waals surface area contributed by atoms with Crippen molar-refractivity contribution in [3.05, 3.63) is 26.8 Å². The van der Waals surface area contributed by atoms with E-state index in [1.165, 1.54) is 4.88 Å². The number of aryl methyl sites for hydroxylation is 1. The summed E-state index contributed by atoms with van der Waals surface area (Å²) in [6.45, 7) is 2.76. The molecule has 0 saturated carbocycles. The van der Waals surface area contributed by atoms with E-state index in [9.17, 15) is 0 Å². The molecule has 0 unspecified atom stereocenters. The first-order valence-electron chi connectivity index (χ1n) is 4.96. The Hall–Kier alpha value is -1.21. The molecular formula is C10H12BrN5S. The van der Waals surface area contributed by atoms with E-state index in [0.29, 0.717) is 0 Å². The number of nitrogens with two attached hydrogens (primary N) is 1. The van der Waals surface area contributed by atoms with Gasteiger partial charge in [0.05, 0.1) is 22.2 Å². The summed E-state index contributed by atoms with van der Waals surface area (Å²) in [5.74, 6) is 1.06. The Morgan fingerprint density at radius 1 is 1.47 bits per heavy atom. The summed E-state index contributed by atoms with van der Waals surface area (Å²) >= 11 is 5.06. The molecule has 0 atom stereocenters. The number of nitrogens with zero attached hydrogens (tertiary/aromatic N) is 4. The predicted octanol–water partition coefficient (Wildman–Crippen LogP) is 2.22. The fraction of sp³-hybridized carbons (Fsp3) is 0.300. The molecule has 0 aliphatic carbocycles. The first kappa shape index (κ1) is 12.3. The van der Waals surface area contributed by atoms with Gasteiger partial charge >= 0.3 is 0 Å². The number of nitrogen functional groups attached to an aromatic ring is 1. The molecule has 0 radical (unpaired) electrons. The van der Waals surface area contributed by atoms with Gasteiger partial charge in [0.1, 0.15) is 5.82 Å². The molecule has 0 aliphatic heterocycles. The lowest BCUT2D eigenvalue weighted by molar-refractivity contribution is 0.892. The van der Waals surface area contributed by atoms with E-state index in [1.54, 1.807) is 17.5 Å². The Morgan fingerprint density at radius 2 is 2.24 bits per heavy atom. The predicted molar refractivity (Wildman–Crippen MR) is 73.1 cm³/mol. The second-order valence-corrected chi connectivity index (χ2v) is 5.41. The summed E-state index contributed by atoms with van der Waals surface area (Å²) in [5, 5.41) is 0. The number of halogens is 1. The Morgan fingerprint density at radius 3 is 2.88 bits per heavy atom. The van der Waals surface area contributed by atoms with E-state index in [0.717, 1.165) is 22.5 Å². The molecule has 5 nitrogen and oxygen atoms in total. The van der Waals surface area contributed by atoms with Crippen LogP contribution in [0.2, 0.25) is 0 Å². The highest BCUT2D eigenvalue weighted by molar-refractivity contribution is 9.10. The quantitative estimate of drug-likeness (QED) is 0.941. The van der Waals surface area contributed by atoms with Gasteiger partial charge in [-0.05, 0) is 22.9 Å². The number of thiazole rings is 1. The van der Waals surface area contributed by atoms with Crippen LogP contribution in [0.25, 0.3) is 0 Å². The molecule has 0 bridgehead atoms. The number of hydrogen-bond acceptors (Lipinski definition) is 6. The summed E-state index contributed by atoms with van der Waals surface area (Å²) < 4.78 is 0.830. The van der Waals surface area contributed by atoms with Gasteiger partial charge in [-0.2, -0.15) is 4.98 Å². The summed E-state index contributed by atoms with van der Waals surface area (Å²) in [5.41, 5.74) is 8.49. The standard InChI is InChI=1S/C10H12BrN5S/c1-6-8(17-5-14-6)4-16(2)9-7(11)3-13-10(12)15-9/h3,5H,4H2,1-2H3,(H2,12,13,15). The van der Waals surface area contributed by atoms with E-state index in [4.69, 9.17) is 5.73 Å². The number of anilines is 2.